The predicted molar refractivity (Wildman–Crippen MR) is 70.1 cm³/mol. The van der Waals surface area contributed by atoms with Gasteiger partial charge in [-0.3, -0.25) is 4.79 Å². The molecule has 0 aliphatic heterocycles. The van der Waals surface area contributed by atoms with Crippen LogP contribution in [0.5, 0.6) is 0 Å². The number of ether oxygens (including phenoxy) is 2. The lowest BCUT2D eigenvalue weighted by Crippen LogP contribution is -2.06. The average Bonchev–Trinajstić information content (AvgIpc) is 2.33. The average molecular weight is 244 g/mol. The number of esters is 1. The van der Waals surface area contributed by atoms with Gasteiger partial charge in [-0.2, -0.15) is 0 Å². The molecule has 17 heavy (non-hydrogen) atoms. The molecular weight excluding hydrogens is 216 g/mol. The third-order valence-corrected chi connectivity index (χ3v) is 2.63. The van der Waals surface area contributed by atoms with E-state index in [1.807, 2.05) is 6.92 Å². The predicted octanol–water partition coefficient (Wildman–Crippen LogP) is 3.71. The summed E-state index contributed by atoms with van der Waals surface area (Å²) < 4.78 is 10.3. The highest BCUT2D eigenvalue weighted by atomic mass is 16.5. The molecule has 0 spiro atoms. The second-order valence-electron chi connectivity index (χ2n) is 4.29. The normalized spacial score (nSPS) is 10.5. The van der Waals surface area contributed by atoms with Crippen LogP contribution in [-0.2, 0) is 14.3 Å². The van der Waals surface area contributed by atoms with Crippen molar-refractivity contribution in [1.82, 2.24) is 0 Å². The summed E-state index contributed by atoms with van der Waals surface area (Å²) in [6, 6.07) is 0. The molecule has 0 aromatic carbocycles. The lowest BCUT2D eigenvalue weighted by molar-refractivity contribution is -0.143. The highest BCUT2D eigenvalue weighted by molar-refractivity contribution is 5.69. The van der Waals surface area contributed by atoms with Crippen molar-refractivity contribution >= 4 is 5.97 Å². The quantitative estimate of drug-likeness (QED) is 0.388. The van der Waals surface area contributed by atoms with Gasteiger partial charge in [-0.15, -0.1) is 0 Å². The first-order chi connectivity index (χ1) is 8.31. The van der Waals surface area contributed by atoms with Crippen LogP contribution in [0.2, 0.25) is 0 Å². The van der Waals surface area contributed by atoms with Crippen molar-refractivity contribution in [2.24, 2.45) is 0 Å². The van der Waals surface area contributed by atoms with Crippen LogP contribution >= 0.6 is 0 Å². The Hall–Kier alpha value is -0.570. The van der Waals surface area contributed by atoms with Gasteiger partial charge >= 0.3 is 5.97 Å². The molecule has 3 nitrogen and oxygen atoms in total. The highest BCUT2D eigenvalue weighted by Crippen LogP contribution is 2.04. The third-order valence-electron chi connectivity index (χ3n) is 2.63. The smallest absolute Gasteiger partial charge is 0.305 e. The van der Waals surface area contributed by atoms with Crippen LogP contribution in [0, 0.1) is 0 Å². The molecule has 0 aliphatic rings. The molecular formula is C14H28O3. The number of hydrogen-bond acceptors (Lipinski definition) is 3. The zero-order valence-electron chi connectivity index (χ0n) is 11.5. The van der Waals surface area contributed by atoms with Crippen LogP contribution in [-0.4, -0.2) is 25.8 Å². The molecule has 0 aromatic rings. The van der Waals surface area contributed by atoms with Crippen molar-refractivity contribution in [3.05, 3.63) is 0 Å². The Balaban J connectivity index is 3.12. The van der Waals surface area contributed by atoms with Gasteiger partial charge in [-0.1, -0.05) is 32.6 Å². The highest BCUT2D eigenvalue weighted by Gasteiger charge is 2.01. The molecule has 102 valence electrons. The Morgan fingerprint density at radius 1 is 0.882 bits per heavy atom. The van der Waals surface area contributed by atoms with Crippen LogP contribution in [0.3, 0.4) is 0 Å². The molecule has 0 aliphatic carbocycles. The van der Waals surface area contributed by atoms with Crippen LogP contribution in [0.1, 0.15) is 65.2 Å². The SMILES string of the molecule is CCCCCCCOC(=O)CCCCOCC. The first-order valence-corrected chi connectivity index (χ1v) is 7.04. The lowest BCUT2D eigenvalue weighted by Gasteiger charge is -2.05. The summed E-state index contributed by atoms with van der Waals surface area (Å²) in [5.74, 6) is -0.0583. The van der Waals surface area contributed by atoms with E-state index in [0.29, 0.717) is 13.0 Å². The molecule has 0 fully saturated rings. The number of hydrogen-bond donors (Lipinski definition) is 0. The van der Waals surface area contributed by atoms with E-state index in [9.17, 15) is 4.79 Å². The van der Waals surface area contributed by atoms with Gasteiger partial charge in [0.15, 0.2) is 0 Å². The fourth-order valence-corrected chi connectivity index (χ4v) is 1.58. The number of carbonyl (C=O) groups excluding carboxylic acids is 1. The van der Waals surface area contributed by atoms with Crippen molar-refractivity contribution < 1.29 is 14.3 Å². The third kappa shape index (κ3) is 13.4. The Morgan fingerprint density at radius 2 is 1.59 bits per heavy atom. The molecule has 0 N–H and O–H groups in total. The molecule has 0 saturated heterocycles. The molecule has 0 aromatic heterocycles. The zero-order valence-corrected chi connectivity index (χ0v) is 11.5. The summed E-state index contributed by atoms with van der Waals surface area (Å²) in [5, 5.41) is 0. The van der Waals surface area contributed by atoms with Crippen molar-refractivity contribution in [1.29, 1.82) is 0 Å². The molecule has 0 unspecified atom stereocenters. The van der Waals surface area contributed by atoms with Gasteiger partial charge in [0.2, 0.25) is 0 Å². The molecule has 0 radical (unpaired) electrons. The Kier molecular flexibility index (Phi) is 13.0. The summed E-state index contributed by atoms with van der Waals surface area (Å²) in [4.78, 5) is 11.3. The Morgan fingerprint density at radius 3 is 2.29 bits per heavy atom. The zero-order chi connectivity index (χ0) is 12.8. The fourth-order valence-electron chi connectivity index (χ4n) is 1.58. The van der Waals surface area contributed by atoms with Crippen LogP contribution < -0.4 is 0 Å². The first kappa shape index (κ1) is 16.4. The lowest BCUT2D eigenvalue weighted by atomic mass is 10.2. The van der Waals surface area contributed by atoms with Gasteiger partial charge in [0.1, 0.15) is 0 Å². The van der Waals surface area contributed by atoms with Crippen molar-refractivity contribution in [3.63, 3.8) is 0 Å². The minimum Gasteiger partial charge on any atom is -0.466 e. The van der Waals surface area contributed by atoms with E-state index >= 15 is 0 Å². The summed E-state index contributed by atoms with van der Waals surface area (Å²) in [6.07, 6.45) is 8.31. The Labute approximate surface area is 106 Å². The van der Waals surface area contributed by atoms with Gasteiger partial charge in [0, 0.05) is 19.6 Å². The molecule has 0 amide bonds. The standard InChI is InChI=1S/C14H28O3/c1-3-5-6-7-9-13-17-14(15)11-8-10-12-16-4-2/h3-13H2,1-2H3. The molecule has 0 atom stereocenters. The number of carbonyl (C=O) groups is 1. The number of rotatable bonds is 12. The minimum absolute atomic E-state index is 0.0583. The van der Waals surface area contributed by atoms with Gasteiger partial charge in [-0.05, 0) is 26.2 Å². The molecule has 0 bridgehead atoms. The van der Waals surface area contributed by atoms with Crippen LogP contribution in [0.25, 0.3) is 0 Å². The van der Waals surface area contributed by atoms with Gasteiger partial charge in [0.05, 0.1) is 6.61 Å². The summed E-state index contributed by atoms with van der Waals surface area (Å²) in [6.45, 7) is 6.27. The van der Waals surface area contributed by atoms with Gasteiger partial charge < -0.3 is 9.47 Å². The second kappa shape index (κ2) is 13.5. The largest absolute Gasteiger partial charge is 0.466 e. The van der Waals surface area contributed by atoms with Crippen molar-refractivity contribution in [2.45, 2.75) is 65.2 Å². The summed E-state index contributed by atoms with van der Waals surface area (Å²) in [5.41, 5.74) is 0. The second-order valence-corrected chi connectivity index (χ2v) is 4.29. The maximum Gasteiger partial charge on any atom is 0.305 e. The van der Waals surface area contributed by atoms with E-state index in [0.717, 1.165) is 32.5 Å². The van der Waals surface area contributed by atoms with E-state index in [1.165, 1.54) is 25.7 Å². The first-order valence-electron chi connectivity index (χ1n) is 7.04. The van der Waals surface area contributed by atoms with Crippen LogP contribution in [0.15, 0.2) is 0 Å². The van der Waals surface area contributed by atoms with Gasteiger partial charge in [-0.25, -0.2) is 0 Å². The maximum atomic E-state index is 11.3. The van der Waals surface area contributed by atoms with Crippen molar-refractivity contribution in [3.8, 4) is 0 Å². The molecule has 0 heterocycles. The molecule has 0 rings (SSSR count). The topological polar surface area (TPSA) is 35.5 Å². The fraction of sp³-hybridized carbons (Fsp3) is 0.929. The Bertz CT molecular complexity index is 169. The summed E-state index contributed by atoms with van der Waals surface area (Å²) in [7, 11) is 0. The van der Waals surface area contributed by atoms with E-state index in [4.69, 9.17) is 9.47 Å². The maximum absolute atomic E-state index is 11.3. The van der Waals surface area contributed by atoms with E-state index < -0.39 is 0 Å². The molecule has 0 saturated carbocycles. The van der Waals surface area contributed by atoms with E-state index in [2.05, 4.69) is 6.92 Å². The summed E-state index contributed by atoms with van der Waals surface area (Å²) >= 11 is 0. The monoisotopic (exact) mass is 244 g/mol. The van der Waals surface area contributed by atoms with E-state index in [1.54, 1.807) is 0 Å². The molecule has 3 heteroatoms. The van der Waals surface area contributed by atoms with Crippen LogP contribution in [0.4, 0.5) is 0 Å². The van der Waals surface area contributed by atoms with Gasteiger partial charge in [0.25, 0.3) is 0 Å². The number of unbranched alkanes of at least 4 members (excludes halogenated alkanes) is 5. The minimum atomic E-state index is -0.0583. The van der Waals surface area contributed by atoms with Crippen molar-refractivity contribution in [2.75, 3.05) is 19.8 Å². The van der Waals surface area contributed by atoms with E-state index in [-0.39, 0.29) is 5.97 Å².